The van der Waals surface area contributed by atoms with Gasteiger partial charge < -0.3 is 15.2 Å². The first-order chi connectivity index (χ1) is 13.0. The number of anilines is 1. The highest BCUT2D eigenvalue weighted by Crippen LogP contribution is 2.30. The van der Waals surface area contributed by atoms with Gasteiger partial charge >= 0.3 is 5.97 Å². The van der Waals surface area contributed by atoms with Gasteiger partial charge in [-0.25, -0.2) is 0 Å². The first-order valence-corrected chi connectivity index (χ1v) is 8.92. The van der Waals surface area contributed by atoms with E-state index in [1.807, 2.05) is 18.2 Å². The average Bonchev–Trinajstić information content (AvgIpc) is 2.68. The summed E-state index contributed by atoms with van der Waals surface area (Å²) < 4.78 is 5.68. The average molecular weight is 387 g/mol. The van der Waals surface area contributed by atoms with Crippen LogP contribution in [-0.4, -0.2) is 22.0 Å². The first kappa shape index (κ1) is 18.9. The Morgan fingerprint density at radius 2 is 2.00 bits per heavy atom. The SMILES string of the molecule is O=C(O)[C@H]1CC=CC[C@H]1C(=O)Nc1ccc(OCc2cccnc2)c(Cl)c1. The molecule has 27 heavy (non-hydrogen) atoms. The number of hydrogen-bond donors (Lipinski definition) is 2. The number of amides is 1. The lowest BCUT2D eigenvalue weighted by Gasteiger charge is -2.24. The molecule has 140 valence electrons. The van der Waals surface area contributed by atoms with E-state index in [1.54, 1.807) is 36.7 Å². The summed E-state index contributed by atoms with van der Waals surface area (Å²) in [5, 5.41) is 12.4. The van der Waals surface area contributed by atoms with Crippen LogP contribution in [0.5, 0.6) is 5.75 Å². The third-order valence-corrected chi connectivity index (χ3v) is 4.70. The molecule has 1 heterocycles. The number of carbonyl (C=O) groups is 2. The van der Waals surface area contributed by atoms with E-state index >= 15 is 0 Å². The van der Waals surface area contributed by atoms with Crippen molar-refractivity contribution in [1.82, 2.24) is 4.98 Å². The number of pyridine rings is 1. The maximum atomic E-state index is 12.5. The van der Waals surface area contributed by atoms with Crippen molar-refractivity contribution in [1.29, 1.82) is 0 Å². The van der Waals surface area contributed by atoms with Gasteiger partial charge in [-0.1, -0.05) is 29.8 Å². The Hall–Kier alpha value is -2.86. The van der Waals surface area contributed by atoms with Crippen LogP contribution in [0, 0.1) is 11.8 Å². The quantitative estimate of drug-likeness (QED) is 0.734. The molecule has 0 saturated heterocycles. The summed E-state index contributed by atoms with van der Waals surface area (Å²) in [4.78, 5) is 27.9. The Kier molecular flexibility index (Phi) is 6.08. The van der Waals surface area contributed by atoms with Crippen molar-refractivity contribution < 1.29 is 19.4 Å². The van der Waals surface area contributed by atoms with Gasteiger partial charge in [0.05, 0.1) is 16.9 Å². The standard InChI is InChI=1S/C20H19ClN2O4/c21-17-10-14(7-8-18(17)27-12-13-4-3-9-22-11-13)23-19(24)15-5-1-2-6-16(15)20(25)26/h1-4,7-11,15-16H,5-6,12H2,(H,23,24)(H,25,26)/t15-,16+/m1/s1. The van der Waals surface area contributed by atoms with Crippen molar-refractivity contribution in [3.05, 3.63) is 65.5 Å². The zero-order valence-electron chi connectivity index (χ0n) is 14.5. The number of allylic oxidation sites excluding steroid dienone is 2. The highest BCUT2D eigenvalue weighted by atomic mass is 35.5. The monoisotopic (exact) mass is 386 g/mol. The van der Waals surface area contributed by atoms with Gasteiger partial charge in [0.2, 0.25) is 5.91 Å². The molecule has 1 aliphatic rings. The molecule has 0 aliphatic heterocycles. The van der Waals surface area contributed by atoms with Crippen LogP contribution >= 0.6 is 11.6 Å². The normalized spacial score (nSPS) is 18.7. The van der Waals surface area contributed by atoms with Gasteiger partial charge in [0, 0.05) is 23.6 Å². The number of aromatic nitrogens is 1. The Labute approximate surface area is 161 Å². The van der Waals surface area contributed by atoms with Crippen molar-refractivity contribution >= 4 is 29.2 Å². The second-order valence-electron chi connectivity index (χ2n) is 6.28. The summed E-state index contributed by atoms with van der Waals surface area (Å²) in [5.41, 5.74) is 1.41. The predicted molar refractivity (Wildman–Crippen MR) is 102 cm³/mol. The number of aliphatic carboxylic acids is 1. The number of benzene rings is 1. The molecular weight excluding hydrogens is 368 g/mol. The lowest BCUT2D eigenvalue weighted by atomic mass is 9.82. The third kappa shape index (κ3) is 4.86. The van der Waals surface area contributed by atoms with E-state index in [-0.39, 0.29) is 5.91 Å². The van der Waals surface area contributed by atoms with Crippen LogP contribution in [0.2, 0.25) is 5.02 Å². The second-order valence-corrected chi connectivity index (χ2v) is 6.69. The molecule has 2 atom stereocenters. The van der Waals surface area contributed by atoms with E-state index in [4.69, 9.17) is 16.3 Å². The molecule has 0 saturated carbocycles. The largest absolute Gasteiger partial charge is 0.487 e. The number of carbonyl (C=O) groups excluding carboxylic acids is 1. The number of carboxylic acid groups (broad SMARTS) is 1. The van der Waals surface area contributed by atoms with E-state index < -0.39 is 17.8 Å². The molecule has 0 bridgehead atoms. The fourth-order valence-electron chi connectivity index (χ4n) is 2.95. The lowest BCUT2D eigenvalue weighted by Crippen LogP contribution is -2.34. The summed E-state index contributed by atoms with van der Waals surface area (Å²) in [6, 6.07) is 8.66. The molecule has 1 aliphatic carbocycles. The van der Waals surface area contributed by atoms with E-state index in [0.29, 0.717) is 35.9 Å². The molecule has 0 spiro atoms. The molecule has 6 nitrogen and oxygen atoms in total. The Morgan fingerprint density at radius 1 is 1.22 bits per heavy atom. The van der Waals surface area contributed by atoms with Gasteiger partial charge in [0.1, 0.15) is 12.4 Å². The third-order valence-electron chi connectivity index (χ3n) is 4.40. The Morgan fingerprint density at radius 3 is 2.67 bits per heavy atom. The minimum atomic E-state index is -0.961. The molecule has 0 fully saturated rings. The summed E-state index contributed by atoms with van der Waals surface area (Å²) in [7, 11) is 0. The highest BCUT2D eigenvalue weighted by molar-refractivity contribution is 6.32. The van der Waals surface area contributed by atoms with Crippen LogP contribution in [0.25, 0.3) is 0 Å². The highest BCUT2D eigenvalue weighted by Gasteiger charge is 2.33. The Bertz CT molecular complexity index is 854. The topological polar surface area (TPSA) is 88.5 Å². The maximum Gasteiger partial charge on any atom is 0.307 e. The summed E-state index contributed by atoms with van der Waals surface area (Å²) in [6.45, 7) is 0.327. The van der Waals surface area contributed by atoms with Crippen LogP contribution in [-0.2, 0) is 16.2 Å². The van der Waals surface area contributed by atoms with Gasteiger partial charge in [-0.15, -0.1) is 0 Å². The molecule has 0 radical (unpaired) electrons. The van der Waals surface area contributed by atoms with Gasteiger partial charge in [0.25, 0.3) is 0 Å². The molecule has 1 aromatic heterocycles. The van der Waals surface area contributed by atoms with Crippen LogP contribution in [0.4, 0.5) is 5.69 Å². The molecule has 3 rings (SSSR count). The second kappa shape index (κ2) is 8.68. The first-order valence-electron chi connectivity index (χ1n) is 8.54. The van der Waals surface area contributed by atoms with Crippen molar-refractivity contribution in [2.24, 2.45) is 11.8 Å². The Balaban J connectivity index is 1.64. The van der Waals surface area contributed by atoms with Crippen molar-refractivity contribution in [3.8, 4) is 5.75 Å². The number of halogens is 1. The fourth-order valence-corrected chi connectivity index (χ4v) is 3.19. The molecule has 1 amide bonds. The van der Waals surface area contributed by atoms with Gasteiger partial charge in [0.15, 0.2) is 0 Å². The van der Waals surface area contributed by atoms with Gasteiger partial charge in [-0.3, -0.25) is 14.6 Å². The van der Waals surface area contributed by atoms with Crippen LogP contribution < -0.4 is 10.1 Å². The minimum absolute atomic E-state index is 0.327. The van der Waals surface area contributed by atoms with E-state index in [1.165, 1.54) is 0 Å². The number of nitrogens with zero attached hydrogens (tertiary/aromatic N) is 1. The van der Waals surface area contributed by atoms with Crippen molar-refractivity contribution in [2.75, 3.05) is 5.32 Å². The smallest absolute Gasteiger partial charge is 0.307 e. The molecular formula is C20H19ClN2O4. The minimum Gasteiger partial charge on any atom is -0.487 e. The number of carboxylic acids is 1. The molecule has 2 aromatic rings. The van der Waals surface area contributed by atoms with Crippen LogP contribution in [0.3, 0.4) is 0 Å². The van der Waals surface area contributed by atoms with E-state index in [9.17, 15) is 14.7 Å². The van der Waals surface area contributed by atoms with E-state index in [0.717, 1.165) is 5.56 Å². The number of nitrogens with one attached hydrogen (secondary N) is 1. The zero-order chi connectivity index (χ0) is 19.2. The van der Waals surface area contributed by atoms with Crippen molar-refractivity contribution in [3.63, 3.8) is 0 Å². The summed E-state index contributed by atoms with van der Waals surface area (Å²) in [6.07, 6.45) is 7.79. The van der Waals surface area contributed by atoms with Gasteiger partial charge in [-0.2, -0.15) is 0 Å². The lowest BCUT2D eigenvalue weighted by molar-refractivity contribution is -0.146. The van der Waals surface area contributed by atoms with Crippen LogP contribution in [0.1, 0.15) is 18.4 Å². The molecule has 0 unspecified atom stereocenters. The zero-order valence-corrected chi connectivity index (χ0v) is 15.2. The van der Waals surface area contributed by atoms with Gasteiger partial charge in [-0.05, 0) is 37.1 Å². The number of rotatable bonds is 6. The van der Waals surface area contributed by atoms with Crippen molar-refractivity contribution in [2.45, 2.75) is 19.4 Å². The summed E-state index contributed by atoms with van der Waals surface area (Å²) >= 11 is 6.25. The summed E-state index contributed by atoms with van der Waals surface area (Å²) in [5.74, 6) is -2.12. The molecule has 2 N–H and O–H groups in total. The predicted octanol–water partition coefficient (Wildman–Crippen LogP) is 3.92. The number of ether oxygens (including phenoxy) is 1. The molecule has 7 heteroatoms. The maximum absolute atomic E-state index is 12.5. The fraction of sp³-hybridized carbons (Fsp3) is 0.250. The molecule has 1 aromatic carbocycles. The van der Waals surface area contributed by atoms with Crippen LogP contribution in [0.15, 0.2) is 54.9 Å². The van der Waals surface area contributed by atoms with E-state index in [2.05, 4.69) is 10.3 Å². The number of hydrogen-bond acceptors (Lipinski definition) is 4.